The number of aryl methyl sites for hydroxylation is 2. The third-order valence-electron chi connectivity index (χ3n) is 8.62. The van der Waals surface area contributed by atoms with Crippen molar-refractivity contribution in [1.82, 2.24) is 25.1 Å². The van der Waals surface area contributed by atoms with Crippen LogP contribution in [0.2, 0.25) is 0 Å². The van der Waals surface area contributed by atoms with Crippen LogP contribution in [-0.2, 0) is 11.3 Å². The van der Waals surface area contributed by atoms with Crippen molar-refractivity contribution in [3.63, 3.8) is 0 Å². The van der Waals surface area contributed by atoms with Gasteiger partial charge in [0, 0.05) is 49.7 Å². The van der Waals surface area contributed by atoms with Gasteiger partial charge in [0.15, 0.2) is 0 Å². The number of thiazole rings is 2. The van der Waals surface area contributed by atoms with Crippen LogP contribution in [0.4, 0.5) is 0 Å². The summed E-state index contributed by atoms with van der Waals surface area (Å²) in [5.74, 6) is 0.813. The van der Waals surface area contributed by atoms with E-state index in [9.17, 15) is 19.8 Å². The molecule has 4 heterocycles. The van der Waals surface area contributed by atoms with Gasteiger partial charge in [-0.15, -0.1) is 11.3 Å². The number of amides is 1. The number of morpholine rings is 1. The molecule has 2 aromatic heterocycles. The fraction of sp³-hybridized carbons (Fsp3) is 0.469. The molecule has 240 valence electrons. The lowest BCUT2D eigenvalue weighted by atomic mass is 9.89. The Morgan fingerprint density at radius 3 is 2.67 bits per heavy atom. The van der Waals surface area contributed by atoms with Gasteiger partial charge in [0.25, 0.3) is 5.91 Å². The van der Waals surface area contributed by atoms with E-state index in [0.29, 0.717) is 60.9 Å². The van der Waals surface area contributed by atoms with Gasteiger partial charge in [-0.25, -0.2) is 4.98 Å². The molecule has 45 heavy (non-hydrogen) atoms. The highest BCUT2D eigenvalue weighted by atomic mass is 32.1. The number of nitrogens with zero attached hydrogens (tertiary/aromatic N) is 3. The Labute approximate surface area is 269 Å². The van der Waals surface area contributed by atoms with Crippen LogP contribution in [0.1, 0.15) is 50.4 Å². The van der Waals surface area contributed by atoms with Crippen LogP contribution in [0.25, 0.3) is 10.2 Å². The van der Waals surface area contributed by atoms with Crippen molar-refractivity contribution in [3.05, 3.63) is 72.8 Å². The lowest BCUT2D eigenvalue weighted by molar-refractivity contribution is -0.127. The molecule has 6 rings (SSSR count). The van der Waals surface area contributed by atoms with E-state index >= 15 is 0 Å². The summed E-state index contributed by atoms with van der Waals surface area (Å²) in [4.78, 5) is 37.0. The predicted octanol–water partition coefficient (Wildman–Crippen LogP) is 3.58. The number of aliphatic hydroxyl groups excluding tert-OH is 1. The molecule has 2 aliphatic rings. The fourth-order valence-electron chi connectivity index (χ4n) is 6.14. The van der Waals surface area contributed by atoms with Crippen molar-refractivity contribution >= 4 is 38.8 Å². The Morgan fingerprint density at radius 1 is 1.16 bits per heavy atom. The molecule has 2 aliphatic heterocycles. The second-order valence-corrected chi connectivity index (χ2v) is 14.2. The highest BCUT2D eigenvalue weighted by molar-refractivity contribution is 7.16. The van der Waals surface area contributed by atoms with Crippen LogP contribution in [0.15, 0.2) is 41.2 Å². The van der Waals surface area contributed by atoms with Gasteiger partial charge < -0.3 is 34.9 Å². The maximum atomic E-state index is 13.2. The summed E-state index contributed by atoms with van der Waals surface area (Å²) >= 11 is 2.54. The molecule has 0 bridgehead atoms. The monoisotopic (exact) mass is 653 g/mol. The molecule has 1 amide bonds. The highest BCUT2D eigenvalue weighted by Crippen LogP contribution is 2.32. The van der Waals surface area contributed by atoms with Crippen molar-refractivity contribution in [1.29, 1.82) is 0 Å². The first-order chi connectivity index (χ1) is 21.7. The third-order valence-corrected chi connectivity index (χ3v) is 10.4. The molecule has 0 saturated carbocycles. The van der Waals surface area contributed by atoms with Crippen LogP contribution in [0.3, 0.4) is 0 Å². The zero-order valence-electron chi connectivity index (χ0n) is 25.5. The summed E-state index contributed by atoms with van der Waals surface area (Å²) in [5.41, 5.74) is 2.31. The molecule has 4 aromatic rings. The Hall–Kier alpha value is -3.33. The average molecular weight is 654 g/mol. The maximum absolute atomic E-state index is 13.2. The topological polar surface area (TPSA) is 140 Å². The number of piperidine rings is 1. The number of phenolic OH excluding ortho intramolecular Hbond substituents is 1. The number of carbonyl (C=O) groups excluding carboxylic acids is 1. The van der Waals surface area contributed by atoms with Crippen molar-refractivity contribution in [3.8, 4) is 11.5 Å². The van der Waals surface area contributed by atoms with Gasteiger partial charge >= 0.3 is 4.87 Å². The Balaban J connectivity index is 0.914. The molecule has 0 radical (unpaired) electrons. The Morgan fingerprint density at radius 2 is 1.93 bits per heavy atom. The number of fused-ring (bicyclic) bond motifs is 1. The minimum atomic E-state index is -0.824. The predicted molar refractivity (Wildman–Crippen MR) is 175 cm³/mol. The molecule has 2 saturated heterocycles. The van der Waals surface area contributed by atoms with Crippen LogP contribution in [-0.4, -0.2) is 94.0 Å². The first-order valence-electron chi connectivity index (χ1n) is 15.2. The average Bonchev–Trinajstić information content (AvgIpc) is 3.59. The lowest BCUT2D eigenvalue weighted by Gasteiger charge is -2.47. The molecule has 1 spiro atoms. The second kappa shape index (κ2) is 13.6. The molecule has 2 fully saturated rings. The van der Waals surface area contributed by atoms with E-state index in [1.54, 1.807) is 17.4 Å². The number of aliphatic hydroxyl groups is 1. The number of hydrogen-bond donors (Lipinski definition) is 4. The Bertz CT molecular complexity index is 1690. The number of aromatic amines is 1. The van der Waals surface area contributed by atoms with Gasteiger partial charge in [0.05, 0.1) is 34.6 Å². The quantitative estimate of drug-likeness (QED) is 0.202. The largest absolute Gasteiger partial charge is 0.506 e. The number of rotatable bonds is 10. The molecule has 2 aromatic carbocycles. The van der Waals surface area contributed by atoms with Gasteiger partial charge in [-0.2, -0.15) is 0 Å². The lowest BCUT2D eigenvalue weighted by Crippen LogP contribution is -2.58. The number of carbonyl (C=O) groups is 1. The highest BCUT2D eigenvalue weighted by Gasteiger charge is 2.41. The number of phenols is 1. The molecule has 4 N–H and O–H groups in total. The SMILES string of the molecule is Cc1nc(C(=O)N2CCOC3(CCN(CCOc4ccc(CNC[C@H](O)c5ccc(O)c6[nH]c(=O)sc56)cc4)CC3)C2)c(C)s1. The van der Waals surface area contributed by atoms with Gasteiger partial charge in [0.2, 0.25) is 0 Å². The number of hydrogen-bond acceptors (Lipinski definition) is 11. The molecule has 11 nitrogen and oxygen atoms in total. The van der Waals surface area contributed by atoms with E-state index in [4.69, 9.17) is 9.47 Å². The number of aromatic nitrogens is 2. The third kappa shape index (κ3) is 7.24. The van der Waals surface area contributed by atoms with Gasteiger partial charge in [0.1, 0.15) is 29.3 Å². The number of nitrogens with one attached hydrogen (secondary N) is 2. The molecule has 1 atom stereocenters. The van der Waals surface area contributed by atoms with Crippen LogP contribution in [0, 0.1) is 13.8 Å². The van der Waals surface area contributed by atoms with Crippen LogP contribution in [0.5, 0.6) is 11.5 Å². The Kier molecular flexibility index (Phi) is 9.54. The summed E-state index contributed by atoms with van der Waals surface area (Å²) in [5, 5.41) is 24.9. The van der Waals surface area contributed by atoms with Crippen molar-refractivity contribution in [2.45, 2.75) is 44.9 Å². The molecular formula is C32H39N5O6S2. The van der Waals surface area contributed by atoms with E-state index in [1.807, 2.05) is 43.0 Å². The normalized spacial score (nSPS) is 17.6. The molecule has 13 heteroatoms. The maximum Gasteiger partial charge on any atom is 0.305 e. The minimum absolute atomic E-state index is 0.00748. The minimum Gasteiger partial charge on any atom is -0.506 e. The second-order valence-electron chi connectivity index (χ2n) is 11.8. The van der Waals surface area contributed by atoms with E-state index in [-0.39, 0.29) is 22.1 Å². The zero-order chi connectivity index (χ0) is 31.6. The number of H-pyrrole nitrogens is 1. The summed E-state index contributed by atoms with van der Waals surface area (Å²) in [7, 11) is 0. The number of likely N-dealkylation sites (tertiary alicyclic amines) is 1. The fourth-order valence-corrected chi connectivity index (χ4v) is 7.87. The summed E-state index contributed by atoms with van der Waals surface area (Å²) in [6, 6.07) is 11.0. The number of aromatic hydroxyl groups is 1. The van der Waals surface area contributed by atoms with E-state index in [0.717, 1.165) is 65.0 Å². The van der Waals surface area contributed by atoms with Crippen LogP contribution >= 0.6 is 22.7 Å². The van der Waals surface area contributed by atoms with Crippen molar-refractivity contribution in [2.75, 3.05) is 52.5 Å². The first kappa shape index (κ1) is 31.6. The van der Waals surface area contributed by atoms with Crippen molar-refractivity contribution < 1.29 is 24.5 Å². The summed E-state index contributed by atoms with van der Waals surface area (Å²) in [6.07, 6.45) is 0.936. The summed E-state index contributed by atoms with van der Waals surface area (Å²) in [6.45, 7) is 9.73. The number of benzene rings is 2. The van der Waals surface area contributed by atoms with E-state index in [1.165, 1.54) is 6.07 Å². The molecular weight excluding hydrogens is 615 g/mol. The van der Waals surface area contributed by atoms with Crippen LogP contribution < -0.4 is 14.9 Å². The molecule has 0 unspecified atom stereocenters. The first-order valence-corrected chi connectivity index (χ1v) is 16.9. The van der Waals surface area contributed by atoms with Crippen molar-refractivity contribution in [2.24, 2.45) is 0 Å². The summed E-state index contributed by atoms with van der Waals surface area (Å²) < 4.78 is 12.9. The van der Waals surface area contributed by atoms with E-state index in [2.05, 4.69) is 20.2 Å². The van der Waals surface area contributed by atoms with Gasteiger partial charge in [-0.3, -0.25) is 14.5 Å². The van der Waals surface area contributed by atoms with E-state index < -0.39 is 6.10 Å². The zero-order valence-corrected chi connectivity index (χ0v) is 27.1. The molecule has 0 aliphatic carbocycles. The smallest absolute Gasteiger partial charge is 0.305 e. The van der Waals surface area contributed by atoms with Gasteiger partial charge in [-0.05, 0) is 50.5 Å². The van der Waals surface area contributed by atoms with Gasteiger partial charge in [-0.1, -0.05) is 29.5 Å². The number of ether oxygens (including phenoxy) is 2. The standard InChI is InChI=1S/C32H39N5O6S2/c1-20-27(34-21(2)44-20)30(40)37-14-16-43-32(19-37)9-11-36(12-10-32)13-15-42-23-5-3-22(4-6-23)17-33-18-26(39)24-7-8-25(38)28-29(24)45-31(41)35-28/h3-8,26,33,38-39H,9-19H2,1-2H3,(H,35,41)/t26-/m0/s1.